The Bertz CT molecular complexity index is 1600. The lowest BCUT2D eigenvalue weighted by Gasteiger charge is -2.13. The molecule has 0 aliphatic carbocycles. The third-order valence-corrected chi connectivity index (χ3v) is 6.17. The van der Waals surface area contributed by atoms with Gasteiger partial charge in [0.05, 0.1) is 16.9 Å². The number of nitrogens with zero attached hydrogens (tertiary/aromatic N) is 2. The SMILES string of the molecule is C=C/C=C(\C=C)c1ccc2c(c1)c1cc(-c3ccccc3)ccc1n1c(/C=C\C)c(C)nc21. The van der Waals surface area contributed by atoms with Crippen LogP contribution < -0.4 is 0 Å². The number of benzene rings is 3. The molecule has 0 aliphatic heterocycles. The Morgan fingerprint density at radius 2 is 1.70 bits per heavy atom. The van der Waals surface area contributed by atoms with E-state index in [9.17, 15) is 0 Å². The lowest BCUT2D eigenvalue weighted by molar-refractivity contribution is 1.23. The van der Waals surface area contributed by atoms with E-state index < -0.39 is 0 Å². The Balaban J connectivity index is 1.95. The van der Waals surface area contributed by atoms with Gasteiger partial charge in [0.1, 0.15) is 5.65 Å². The van der Waals surface area contributed by atoms with Crippen molar-refractivity contribution in [3.05, 3.63) is 121 Å². The monoisotopic (exact) mass is 426 g/mol. The van der Waals surface area contributed by atoms with E-state index in [0.717, 1.165) is 39.1 Å². The molecule has 160 valence electrons. The number of aromatic nitrogens is 2. The van der Waals surface area contributed by atoms with Gasteiger partial charge in [-0.25, -0.2) is 4.98 Å². The second kappa shape index (κ2) is 8.40. The molecule has 0 N–H and O–H groups in total. The summed E-state index contributed by atoms with van der Waals surface area (Å²) < 4.78 is 2.29. The van der Waals surface area contributed by atoms with Crippen LogP contribution in [0.4, 0.5) is 0 Å². The molecule has 33 heavy (non-hydrogen) atoms. The normalized spacial score (nSPS) is 12.2. The molecule has 0 spiro atoms. The van der Waals surface area contributed by atoms with Crippen molar-refractivity contribution in [3.8, 4) is 11.1 Å². The first kappa shape index (κ1) is 20.7. The molecule has 0 atom stereocenters. The van der Waals surface area contributed by atoms with Crippen molar-refractivity contribution in [2.45, 2.75) is 13.8 Å². The second-order valence-corrected chi connectivity index (χ2v) is 8.16. The van der Waals surface area contributed by atoms with Crippen molar-refractivity contribution in [2.75, 3.05) is 0 Å². The molecule has 0 saturated heterocycles. The van der Waals surface area contributed by atoms with E-state index in [0.29, 0.717) is 0 Å². The zero-order valence-electron chi connectivity index (χ0n) is 19.0. The van der Waals surface area contributed by atoms with Gasteiger partial charge in [0.25, 0.3) is 0 Å². The van der Waals surface area contributed by atoms with Gasteiger partial charge in [-0.1, -0.05) is 79.9 Å². The summed E-state index contributed by atoms with van der Waals surface area (Å²) in [5.74, 6) is 0. The van der Waals surface area contributed by atoms with Crippen molar-refractivity contribution >= 4 is 39.0 Å². The second-order valence-electron chi connectivity index (χ2n) is 8.16. The highest BCUT2D eigenvalue weighted by atomic mass is 15.0. The first-order valence-corrected chi connectivity index (χ1v) is 11.2. The van der Waals surface area contributed by atoms with E-state index in [1.165, 1.54) is 21.9 Å². The molecule has 3 aromatic carbocycles. The van der Waals surface area contributed by atoms with Crippen LogP contribution in [0.1, 0.15) is 23.9 Å². The molecule has 0 unspecified atom stereocenters. The fourth-order valence-electron chi connectivity index (χ4n) is 4.63. The van der Waals surface area contributed by atoms with Crippen molar-refractivity contribution in [2.24, 2.45) is 0 Å². The molecule has 2 aromatic heterocycles. The average Bonchev–Trinajstić information content (AvgIpc) is 3.19. The van der Waals surface area contributed by atoms with Crippen molar-refractivity contribution in [1.82, 2.24) is 9.38 Å². The lowest BCUT2D eigenvalue weighted by Crippen LogP contribution is -1.95. The van der Waals surface area contributed by atoms with Gasteiger partial charge in [-0.2, -0.15) is 0 Å². The molecule has 0 bridgehead atoms. The van der Waals surface area contributed by atoms with Gasteiger partial charge in [0, 0.05) is 10.8 Å². The predicted molar refractivity (Wildman–Crippen MR) is 143 cm³/mol. The Morgan fingerprint density at radius 1 is 0.879 bits per heavy atom. The van der Waals surface area contributed by atoms with Crippen LogP contribution in [-0.4, -0.2) is 9.38 Å². The Hall–Kier alpha value is -4.17. The number of rotatable bonds is 5. The van der Waals surface area contributed by atoms with E-state index in [2.05, 4.69) is 103 Å². The number of imidazole rings is 1. The average molecular weight is 427 g/mol. The molecular formula is C31H26N2. The van der Waals surface area contributed by atoms with E-state index in [-0.39, 0.29) is 0 Å². The third kappa shape index (κ3) is 3.41. The maximum absolute atomic E-state index is 4.98. The number of pyridine rings is 1. The zero-order valence-corrected chi connectivity index (χ0v) is 19.0. The molecule has 5 rings (SSSR count). The summed E-state index contributed by atoms with van der Waals surface area (Å²) in [6.45, 7) is 12.0. The van der Waals surface area contributed by atoms with Crippen molar-refractivity contribution in [1.29, 1.82) is 0 Å². The summed E-state index contributed by atoms with van der Waals surface area (Å²) in [5, 5.41) is 3.52. The van der Waals surface area contributed by atoms with Crippen LogP contribution >= 0.6 is 0 Å². The van der Waals surface area contributed by atoms with E-state index >= 15 is 0 Å². The highest BCUT2D eigenvalue weighted by molar-refractivity contribution is 6.14. The number of hydrogen-bond acceptors (Lipinski definition) is 1. The van der Waals surface area contributed by atoms with Crippen LogP contribution in [0.2, 0.25) is 0 Å². The minimum absolute atomic E-state index is 0.981. The smallest absolute Gasteiger partial charge is 0.145 e. The summed E-state index contributed by atoms with van der Waals surface area (Å²) in [5.41, 5.74) is 8.84. The molecule has 0 saturated carbocycles. The topological polar surface area (TPSA) is 17.3 Å². The van der Waals surface area contributed by atoms with E-state index in [1.807, 2.05) is 19.1 Å². The van der Waals surface area contributed by atoms with Gasteiger partial charge in [0.2, 0.25) is 0 Å². The van der Waals surface area contributed by atoms with Gasteiger partial charge in [-0.15, -0.1) is 0 Å². The maximum Gasteiger partial charge on any atom is 0.145 e. The molecule has 0 radical (unpaired) electrons. The molecule has 5 aromatic rings. The summed E-state index contributed by atoms with van der Waals surface area (Å²) in [6, 6.07) is 23.8. The van der Waals surface area contributed by atoms with E-state index in [4.69, 9.17) is 4.98 Å². The minimum atomic E-state index is 0.981. The summed E-state index contributed by atoms with van der Waals surface area (Å²) in [7, 11) is 0. The van der Waals surface area contributed by atoms with Crippen LogP contribution in [0.15, 0.2) is 104 Å². The molecule has 0 amide bonds. The number of allylic oxidation sites excluding steroid dienone is 5. The quantitative estimate of drug-likeness (QED) is 0.204. The largest absolute Gasteiger partial charge is 0.292 e. The van der Waals surface area contributed by atoms with Gasteiger partial charge in [-0.3, -0.25) is 4.40 Å². The van der Waals surface area contributed by atoms with E-state index in [1.54, 1.807) is 6.08 Å². The van der Waals surface area contributed by atoms with Crippen molar-refractivity contribution in [3.63, 3.8) is 0 Å². The molecule has 0 aliphatic rings. The standard InChI is InChI=1S/C31H26N2/c1-5-11-22(7-3)24-15-17-26-27(19-24)28-20-25(23-13-9-8-10-14-23)16-18-30(28)33-29(12-6-2)21(4)32-31(26)33/h5-20H,1,3H2,2,4H3/b12-6-,22-11+. The molecule has 2 heteroatoms. The Labute approximate surface area is 194 Å². The molecule has 0 fully saturated rings. The van der Waals surface area contributed by atoms with Crippen LogP contribution in [0.25, 0.3) is 50.1 Å². The first-order chi connectivity index (χ1) is 16.2. The van der Waals surface area contributed by atoms with Gasteiger partial charge >= 0.3 is 0 Å². The summed E-state index contributed by atoms with van der Waals surface area (Å²) >= 11 is 0. The Kier molecular flexibility index (Phi) is 5.27. The fraction of sp³-hybridized carbons (Fsp3) is 0.0645. The van der Waals surface area contributed by atoms with Gasteiger partial charge in [-0.05, 0) is 71.8 Å². The summed E-state index contributed by atoms with van der Waals surface area (Å²) in [4.78, 5) is 4.98. The summed E-state index contributed by atoms with van der Waals surface area (Å²) in [6.07, 6.45) is 9.89. The fourth-order valence-corrected chi connectivity index (χ4v) is 4.63. The van der Waals surface area contributed by atoms with Crippen LogP contribution in [-0.2, 0) is 0 Å². The van der Waals surface area contributed by atoms with Crippen LogP contribution in [0, 0.1) is 6.92 Å². The maximum atomic E-state index is 4.98. The number of hydrogen-bond donors (Lipinski definition) is 0. The zero-order chi connectivity index (χ0) is 22.9. The molecular weight excluding hydrogens is 400 g/mol. The van der Waals surface area contributed by atoms with Crippen molar-refractivity contribution < 1.29 is 0 Å². The highest BCUT2D eigenvalue weighted by Crippen LogP contribution is 2.35. The number of aryl methyl sites for hydroxylation is 1. The van der Waals surface area contributed by atoms with Crippen LogP contribution in [0.5, 0.6) is 0 Å². The lowest BCUT2D eigenvalue weighted by atomic mass is 9.96. The highest BCUT2D eigenvalue weighted by Gasteiger charge is 2.16. The predicted octanol–water partition coefficient (Wildman–Crippen LogP) is 8.40. The van der Waals surface area contributed by atoms with Crippen LogP contribution in [0.3, 0.4) is 0 Å². The third-order valence-electron chi connectivity index (χ3n) is 6.17. The first-order valence-electron chi connectivity index (χ1n) is 11.2. The Morgan fingerprint density at radius 3 is 2.42 bits per heavy atom. The molecule has 2 heterocycles. The number of fused-ring (bicyclic) bond motifs is 6. The minimum Gasteiger partial charge on any atom is -0.292 e. The van der Waals surface area contributed by atoms with Gasteiger partial charge < -0.3 is 0 Å². The molecule has 2 nitrogen and oxygen atoms in total. The van der Waals surface area contributed by atoms with Gasteiger partial charge in [0.15, 0.2) is 0 Å².